The maximum absolute atomic E-state index is 11.2. The monoisotopic (exact) mass is 228 g/mol. The van der Waals surface area contributed by atoms with E-state index in [9.17, 15) is 4.79 Å². The van der Waals surface area contributed by atoms with Gasteiger partial charge in [-0.1, -0.05) is 0 Å². The van der Waals surface area contributed by atoms with E-state index in [4.69, 9.17) is 0 Å². The lowest BCUT2D eigenvalue weighted by atomic mass is 10.6. The molecule has 0 radical (unpaired) electrons. The maximum atomic E-state index is 11.2. The Kier molecular flexibility index (Phi) is 1.50. The molecule has 2 aromatic rings. The van der Waals surface area contributed by atoms with E-state index in [2.05, 4.69) is 31.0 Å². The summed E-state index contributed by atoms with van der Waals surface area (Å²) in [5, 5.41) is 3.82. The molecule has 2 rings (SSSR count). The van der Waals surface area contributed by atoms with Crippen LogP contribution in [-0.2, 0) is 0 Å². The highest BCUT2D eigenvalue weighted by molar-refractivity contribution is 9.10. The van der Waals surface area contributed by atoms with Crippen molar-refractivity contribution < 1.29 is 0 Å². The van der Waals surface area contributed by atoms with Gasteiger partial charge in [-0.3, -0.25) is 4.98 Å². The van der Waals surface area contributed by atoms with E-state index < -0.39 is 0 Å². The first-order valence-corrected chi connectivity index (χ1v) is 4.08. The molecule has 0 bridgehead atoms. The first-order chi connectivity index (χ1) is 5.68. The second-order valence-electron chi connectivity index (χ2n) is 2.36. The lowest BCUT2D eigenvalue weighted by Crippen LogP contribution is -2.19. The quantitative estimate of drug-likeness (QED) is 0.714. The molecule has 2 aromatic heterocycles. The summed E-state index contributed by atoms with van der Waals surface area (Å²) in [4.78, 5) is 17.8. The van der Waals surface area contributed by atoms with Crippen LogP contribution >= 0.6 is 15.9 Å². The molecule has 2 heterocycles. The van der Waals surface area contributed by atoms with E-state index in [1.165, 1.54) is 10.7 Å². The van der Waals surface area contributed by atoms with Crippen molar-refractivity contribution in [1.29, 1.82) is 0 Å². The van der Waals surface area contributed by atoms with Crippen molar-refractivity contribution in [1.82, 2.24) is 19.6 Å². The molecule has 0 unspecified atom stereocenters. The molecular formula is C6H5BrN4O. The average molecular weight is 229 g/mol. The zero-order chi connectivity index (χ0) is 8.72. The number of aryl methyl sites for hydroxylation is 1. The van der Waals surface area contributed by atoms with Gasteiger partial charge in [0.25, 0.3) is 0 Å². The highest BCUT2D eigenvalue weighted by Crippen LogP contribution is 2.12. The zero-order valence-electron chi connectivity index (χ0n) is 6.21. The molecule has 0 aromatic carbocycles. The molecule has 0 saturated heterocycles. The maximum Gasteiger partial charge on any atom is 0.349 e. The number of hydrogen-bond acceptors (Lipinski definition) is 3. The van der Waals surface area contributed by atoms with Crippen LogP contribution in [0.4, 0.5) is 0 Å². The zero-order valence-corrected chi connectivity index (χ0v) is 7.79. The molecule has 6 heteroatoms. The van der Waals surface area contributed by atoms with E-state index in [0.717, 1.165) is 4.47 Å². The minimum absolute atomic E-state index is 0.275. The van der Waals surface area contributed by atoms with Crippen LogP contribution in [0.5, 0.6) is 0 Å². The number of fused-ring (bicyclic) bond motifs is 1. The van der Waals surface area contributed by atoms with Gasteiger partial charge in [0.05, 0.1) is 10.7 Å². The Hall–Kier alpha value is -1.17. The Balaban J connectivity index is 3.03. The van der Waals surface area contributed by atoms with Gasteiger partial charge in [-0.2, -0.15) is 9.61 Å². The Morgan fingerprint density at radius 3 is 3.17 bits per heavy atom. The topological polar surface area (TPSA) is 63.1 Å². The van der Waals surface area contributed by atoms with Crippen LogP contribution in [-0.4, -0.2) is 19.6 Å². The fraction of sp³-hybridized carbons (Fsp3) is 0.167. The minimum atomic E-state index is -0.275. The first kappa shape index (κ1) is 7.48. The second-order valence-corrected chi connectivity index (χ2v) is 3.21. The van der Waals surface area contributed by atoms with Crippen molar-refractivity contribution >= 4 is 21.6 Å². The Morgan fingerprint density at radius 2 is 2.42 bits per heavy atom. The van der Waals surface area contributed by atoms with Crippen molar-refractivity contribution in [3.05, 3.63) is 27.0 Å². The molecule has 0 amide bonds. The third-order valence-electron chi connectivity index (χ3n) is 1.45. The number of rotatable bonds is 0. The summed E-state index contributed by atoms with van der Waals surface area (Å²) in [5.41, 5.74) is 0.263. The van der Waals surface area contributed by atoms with E-state index in [-0.39, 0.29) is 5.69 Å². The molecule has 0 spiro atoms. The third-order valence-corrected chi connectivity index (χ3v) is 2.01. The van der Waals surface area contributed by atoms with Crippen molar-refractivity contribution in [2.24, 2.45) is 0 Å². The van der Waals surface area contributed by atoms with Gasteiger partial charge in [-0.25, -0.2) is 9.78 Å². The summed E-state index contributed by atoms with van der Waals surface area (Å²) < 4.78 is 1.92. The summed E-state index contributed by atoms with van der Waals surface area (Å²) in [6.45, 7) is 1.72. The van der Waals surface area contributed by atoms with Crippen molar-refractivity contribution in [3.8, 4) is 0 Å². The van der Waals surface area contributed by atoms with Crippen molar-refractivity contribution in [3.63, 3.8) is 0 Å². The largest absolute Gasteiger partial charge is 0.349 e. The van der Waals surface area contributed by atoms with E-state index in [0.29, 0.717) is 11.5 Å². The molecule has 0 saturated carbocycles. The molecule has 1 N–H and O–H groups in total. The van der Waals surface area contributed by atoms with E-state index in [1.54, 1.807) is 6.92 Å². The lowest BCUT2D eigenvalue weighted by Gasteiger charge is -1.93. The van der Waals surface area contributed by atoms with Crippen LogP contribution < -0.4 is 5.69 Å². The van der Waals surface area contributed by atoms with E-state index >= 15 is 0 Å². The number of aromatic nitrogens is 4. The molecule has 0 aliphatic rings. The minimum Gasteiger partial charge on any atom is -0.294 e. The lowest BCUT2D eigenvalue weighted by molar-refractivity contribution is 0.820. The van der Waals surface area contributed by atoms with Gasteiger partial charge in [0.15, 0.2) is 5.65 Å². The Bertz CT molecular complexity index is 486. The highest BCUT2D eigenvalue weighted by Gasteiger charge is 2.04. The average Bonchev–Trinajstić information content (AvgIpc) is 2.33. The van der Waals surface area contributed by atoms with Crippen LogP contribution in [0, 0.1) is 6.92 Å². The van der Waals surface area contributed by atoms with E-state index in [1.807, 2.05) is 0 Å². The summed E-state index contributed by atoms with van der Waals surface area (Å²) in [7, 11) is 0. The fourth-order valence-electron chi connectivity index (χ4n) is 0.966. The number of halogens is 1. The van der Waals surface area contributed by atoms with Gasteiger partial charge in [-0.05, 0) is 22.9 Å². The smallest absolute Gasteiger partial charge is 0.294 e. The molecule has 62 valence electrons. The summed E-state index contributed by atoms with van der Waals surface area (Å²) in [6.07, 6.45) is 1.54. The molecule has 5 nitrogen and oxygen atoms in total. The normalized spacial score (nSPS) is 10.8. The molecule has 0 fully saturated rings. The first-order valence-electron chi connectivity index (χ1n) is 3.28. The number of aromatic amines is 1. The standard InChI is InChI=1S/C6H5BrN4O/c1-3-9-5-4(7)2-8-11(5)6(12)10-3/h2H,1H3,(H,9,10,12). The number of nitrogens with one attached hydrogen (secondary N) is 1. The molecule has 0 aliphatic carbocycles. The third kappa shape index (κ3) is 0.953. The van der Waals surface area contributed by atoms with Gasteiger partial charge < -0.3 is 0 Å². The van der Waals surface area contributed by atoms with Crippen LogP contribution in [0.25, 0.3) is 5.65 Å². The molecular weight excluding hydrogens is 224 g/mol. The summed E-state index contributed by atoms with van der Waals surface area (Å²) >= 11 is 3.24. The Labute approximate surface area is 75.6 Å². The van der Waals surface area contributed by atoms with Crippen molar-refractivity contribution in [2.45, 2.75) is 6.92 Å². The highest BCUT2D eigenvalue weighted by atomic mass is 79.9. The van der Waals surface area contributed by atoms with Gasteiger partial charge in [0, 0.05) is 0 Å². The summed E-state index contributed by atoms with van der Waals surface area (Å²) in [5.74, 6) is 0.578. The predicted molar refractivity (Wildman–Crippen MR) is 46.0 cm³/mol. The Morgan fingerprint density at radius 1 is 1.67 bits per heavy atom. The van der Waals surface area contributed by atoms with Gasteiger partial charge in [0.1, 0.15) is 5.82 Å². The van der Waals surface area contributed by atoms with Gasteiger partial charge >= 0.3 is 5.69 Å². The molecule has 12 heavy (non-hydrogen) atoms. The number of hydrogen-bond donors (Lipinski definition) is 1. The predicted octanol–water partition coefficient (Wildman–Crippen LogP) is 0.489. The SMILES string of the molecule is Cc1nc2c(Br)cnn2c(=O)[nH]1. The molecule has 0 aliphatic heterocycles. The number of H-pyrrole nitrogens is 1. The van der Waals surface area contributed by atoms with Crippen LogP contribution in [0.1, 0.15) is 5.82 Å². The van der Waals surface area contributed by atoms with Crippen LogP contribution in [0.3, 0.4) is 0 Å². The van der Waals surface area contributed by atoms with Gasteiger partial charge in [-0.15, -0.1) is 0 Å². The summed E-state index contributed by atoms with van der Waals surface area (Å²) in [6, 6.07) is 0. The second kappa shape index (κ2) is 2.41. The number of nitrogens with zero attached hydrogens (tertiary/aromatic N) is 3. The molecule has 0 atom stereocenters. The fourth-order valence-corrected chi connectivity index (χ4v) is 1.31. The van der Waals surface area contributed by atoms with Gasteiger partial charge in [0.2, 0.25) is 0 Å². The van der Waals surface area contributed by atoms with Crippen LogP contribution in [0.2, 0.25) is 0 Å². The van der Waals surface area contributed by atoms with Crippen molar-refractivity contribution in [2.75, 3.05) is 0 Å². The van der Waals surface area contributed by atoms with Crippen LogP contribution in [0.15, 0.2) is 15.5 Å².